The van der Waals surface area contributed by atoms with Gasteiger partial charge in [0, 0.05) is 31.0 Å². The Morgan fingerprint density at radius 3 is 2.21 bits per heavy atom. The number of rotatable bonds is 3. The molecule has 0 bridgehead atoms. The van der Waals surface area contributed by atoms with Gasteiger partial charge in [-0.15, -0.1) is 5.92 Å². The summed E-state index contributed by atoms with van der Waals surface area (Å²) in [5, 5.41) is 0. The molecule has 4 nitrogen and oxygen atoms in total. The molecule has 1 aliphatic heterocycles. The number of Topliss-reactive ketones (excluding diaryl/α,β-unsaturated/α-hetero) is 1. The number of piperidine rings is 1. The Morgan fingerprint density at radius 1 is 1.14 bits per heavy atom. The normalized spacial score (nSPS) is 22.6. The van der Waals surface area contributed by atoms with E-state index in [1.54, 1.807) is 6.92 Å². The third-order valence-electron chi connectivity index (χ3n) is 6.48. The van der Waals surface area contributed by atoms with Gasteiger partial charge in [-0.2, -0.15) is 13.1 Å². The van der Waals surface area contributed by atoms with Gasteiger partial charge in [-0.05, 0) is 80.7 Å². The van der Waals surface area contributed by atoms with E-state index >= 15 is 0 Å². The van der Waals surface area contributed by atoms with Gasteiger partial charge >= 0.3 is 5.76 Å². The van der Waals surface area contributed by atoms with Gasteiger partial charge < -0.3 is 0 Å². The second kappa shape index (κ2) is 8.16. The van der Waals surface area contributed by atoms with Crippen LogP contribution in [0.3, 0.4) is 0 Å². The van der Waals surface area contributed by atoms with Crippen molar-refractivity contribution in [3.8, 4) is 11.8 Å². The summed E-state index contributed by atoms with van der Waals surface area (Å²) in [7, 11) is -4.54. The molecule has 0 amide bonds. The van der Waals surface area contributed by atoms with E-state index in [0.717, 1.165) is 33.0 Å². The fraction of sp³-hybridized carbons (Fsp3) is 0.591. The maximum atomic E-state index is 13.1. The number of carbonyl (C=O) groups excluding carboxylic acids is 1. The van der Waals surface area contributed by atoms with Crippen LogP contribution in [0, 0.1) is 31.1 Å². The Morgan fingerprint density at radius 2 is 1.72 bits per heavy atom. The Labute approximate surface area is 171 Å². The second-order valence-corrected chi connectivity index (χ2v) is 10.2. The summed E-state index contributed by atoms with van der Waals surface area (Å²) in [5.41, 5.74) is 3.88. The SMILES string of the molecule is CC#Cc1cc(C)c(C2CCC3(CCN(S(=O)(=O)C(F)F)CC3)CC2=O)c(C)c1. The molecule has 1 spiro atoms. The van der Waals surface area contributed by atoms with Crippen LogP contribution in [-0.2, 0) is 14.8 Å². The molecule has 1 atom stereocenters. The maximum absolute atomic E-state index is 13.1. The molecular weight excluding hydrogens is 396 g/mol. The molecule has 7 heteroatoms. The van der Waals surface area contributed by atoms with Gasteiger partial charge in [0.25, 0.3) is 10.0 Å². The molecule has 1 saturated carbocycles. The molecule has 1 heterocycles. The van der Waals surface area contributed by atoms with Crippen molar-refractivity contribution < 1.29 is 22.0 Å². The van der Waals surface area contributed by atoms with Gasteiger partial charge in [-0.25, -0.2) is 8.42 Å². The number of ketones is 1. The van der Waals surface area contributed by atoms with E-state index in [0.29, 0.717) is 25.7 Å². The number of carbonyl (C=O) groups is 1. The molecular formula is C22H27F2NO3S. The van der Waals surface area contributed by atoms with E-state index in [9.17, 15) is 22.0 Å². The van der Waals surface area contributed by atoms with Crippen LogP contribution in [0.5, 0.6) is 0 Å². The number of hydrogen-bond donors (Lipinski definition) is 0. The fourth-order valence-corrected chi connectivity index (χ4v) is 5.91. The minimum atomic E-state index is -4.54. The van der Waals surface area contributed by atoms with E-state index in [1.165, 1.54) is 0 Å². The van der Waals surface area contributed by atoms with Crippen molar-refractivity contribution in [1.82, 2.24) is 4.31 Å². The van der Waals surface area contributed by atoms with Gasteiger partial charge in [0.15, 0.2) is 0 Å². The van der Waals surface area contributed by atoms with Crippen molar-refractivity contribution in [2.24, 2.45) is 5.41 Å². The summed E-state index contributed by atoms with van der Waals surface area (Å²) in [6.45, 7) is 5.93. The highest BCUT2D eigenvalue weighted by molar-refractivity contribution is 7.89. The summed E-state index contributed by atoms with van der Waals surface area (Å²) in [6.07, 6.45) is 2.82. The van der Waals surface area contributed by atoms with Crippen molar-refractivity contribution in [1.29, 1.82) is 0 Å². The first-order chi connectivity index (χ1) is 13.6. The first-order valence-corrected chi connectivity index (χ1v) is 11.4. The lowest BCUT2D eigenvalue weighted by Gasteiger charge is -2.45. The number of sulfonamides is 1. The average molecular weight is 424 g/mol. The van der Waals surface area contributed by atoms with Crippen LogP contribution in [0.2, 0.25) is 0 Å². The lowest BCUT2D eigenvalue weighted by molar-refractivity contribution is -0.126. The van der Waals surface area contributed by atoms with Crippen LogP contribution < -0.4 is 0 Å². The standard InChI is InChI=1S/C22H27F2NO3S/c1-4-5-17-12-15(2)20(16(3)13-17)18-6-7-22(14-19(18)26)8-10-25(11-9-22)29(27,28)21(23)24/h12-13,18,21H,6-11,14H2,1-3H3. The molecule has 1 saturated heterocycles. The monoisotopic (exact) mass is 423 g/mol. The largest absolute Gasteiger partial charge is 0.350 e. The van der Waals surface area contributed by atoms with Crippen molar-refractivity contribution in [3.63, 3.8) is 0 Å². The predicted octanol–water partition coefficient (Wildman–Crippen LogP) is 4.15. The Kier molecular flexibility index (Phi) is 6.16. The first-order valence-electron chi connectivity index (χ1n) is 9.93. The first kappa shape index (κ1) is 21.9. The van der Waals surface area contributed by atoms with Gasteiger partial charge in [-0.1, -0.05) is 5.92 Å². The van der Waals surface area contributed by atoms with E-state index in [4.69, 9.17) is 0 Å². The van der Waals surface area contributed by atoms with E-state index in [-0.39, 0.29) is 30.2 Å². The lowest BCUT2D eigenvalue weighted by Crippen LogP contribution is -2.47. The smallest absolute Gasteiger partial charge is 0.299 e. The van der Waals surface area contributed by atoms with Crippen molar-refractivity contribution in [2.45, 2.75) is 64.6 Å². The highest BCUT2D eigenvalue weighted by Gasteiger charge is 2.45. The Balaban J connectivity index is 1.74. The van der Waals surface area contributed by atoms with Crippen LogP contribution in [0.15, 0.2) is 12.1 Å². The quantitative estimate of drug-likeness (QED) is 0.687. The summed E-state index contributed by atoms with van der Waals surface area (Å²) >= 11 is 0. The predicted molar refractivity (Wildman–Crippen MR) is 108 cm³/mol. The number of nitrogens with zero attached hydrogens (tertiary/aromatic N) is 1. The maximum Gasteiger partial charge on any atom is 0.350 e. The Bertz CT molecular complexity index is 945. The number of halogens is 2. The molecule has 3 rings (SSSR count). The summed E-state index contributed by atoms with van der Waals surface area (Å²) in [5.74, 6) is 2.57. The third kappa shape index (κ3) is 4.24. The zero-order chi connectivity index (χ0) is 21.4. The van der Waals surface area contributed by atoms with Gasteiger partial charge in [0.1, 0.15) is 5.78 Å². The number of aryl methyl sites for hydroxylation is 2. The average Bonchev–Trinajstić information content (AvgIpc) is 2.63. The molecule has 1 aliphatic carbocycles. The molecule has 1 aromatic carbocycles. The number of benzene rings is 1. The molecule has 158 valence electrons. The minimum absolute atomic E-state index is 0.0626. The molecule has 2 fully saturated rings. The summed E-state index contributed by atoms with van der Waals surface area (Å²) in [6, 6.07) is 4.04. The van der Waals surface area contributed by atoms with Crippen LogP contribution in [-0.4, -0.2) is 37.4 Å². The van der Waals surface area contributed by atoms with Crippen LogP contribution >= 0.6 is 0 Å². The molecule has 29 heavy (non-hydrogen) atoms. The van der Waals surface area contributed by atoms with Crippen LogP contribution in [0.1, 0.15) is 67.2 Å². The van der Waals surface area contributed by atoms with Gasteiger partial charge in [-0.3, -0.25) is 4.79 Å². The molecule has 0 radical (unpaired) electrons. The molecule has 2 aliphatic rings. The Hall–Kier alpha value is -1.78. The van der Waals surface area contributed by atoms with Crippen molar-refractivity contribution in [3.05, 3.63) is 34.4 Å². The van der Waals surface area contributed by atoms with Crippen LogP contribution in [0.4, 0.5) is 8.78 Å². The minimum Gasteiger partial charge on any atom is -0.299 e. The van der Waals surface area contributed by atoms with E-state index in [1.807, 2.05) is 26.0 Å². The molecule has 1 unspecified atom stereocenters. The zero-order valence-electron chi connectivity index (χ0n) is 17.1. The molecule has 0 N–H and O–H groups in total. The highest BCUT2D eigenvalue weighted by atomic mass is 32.2. The highest BCUT2D eigenvalue weighted by Crippen LogP contribution is 2.48. The van der Waals surface area contributed by atoms with Gasteiger partial charge in [0.05, 0.1) is 0 Å². The number of hydrogen-bond acceptors (Lipinski definition) is 3. The third-order valence-corrected chi connectivity index (χ3v) is 8.02. The number of alkyl halides is 2. The lowest BCUT2D eigenvalue weighted by atomic mass is 9.63. The molecule has 0 aromatic heterocycles. The van der Waals surface area contributed by atoms with E-state index in [2.05, 4.69) is 11.8 Å². The van der Waals surface area contributed by atoms with Crippen LogP contribution in [0.25, 0.3) is 0 Å². The zero-order valence-corrected chi connectivity index (χ0v) is 17.9. The topological polar surface area (TPSA) is 54.5 Å². The summed E-state index contributed by atoms with van der Waals surface area (Å²) in [4.78, 5) is 13.1. The summed E-state index contributed by atoms with van der Waals surface area (Å²) < 4.78 is 49.9. The van der Waals surface area contributed by atoms with E-state index < -0.39 is 15.8 Å². The second-order valence-electron chi connectivity index (χ2n) is 8.34. The fourth-order valence-electron chi connectivity index (χ4n) is 4.99. The van der Waals surface area contributed by atoms with Gasteiger partial charge in [0.2, 0.25) is 0 Å². The van der Waals surface area contributed by atoms with Crippen molar-refractivity contribution in [2.75, 3.05) is 13.1 Å². The molecule has 1 aromatic rings. The van der Waals surface area contributed by atoms with Crippen molar-refractivity contribution >= 4 is 15.8 Å².